The summed E-state index contributed by atoms with van der Waals surface area (Å²) in [5.41, 5.74) is 1.11. The molecule has 0 bridgehead atoms. The first-order valence-corrected chi connectivity index (χ1v) is 4.79. The molecular formula is C9H15N2S+. The molecule has 66 valence electrons. The summed E-state index contributed by atoms with van der Waals surface area (Å²) in [5.74, 6) is 0. The maximum Gasteiger partial charge on any atom is 0.110 e. The quantitative estimate of drug-likeness (QED) is 0.378. The topological polar surface area (TPSA) is 12.4 Å². The second-order valence-electron chi connectivity index (χ2n) is 3.60. The molecule has 0 spiro atoms. The van der Waals surface area contributed by atoms with Gasteiger partial charge in [-0.05, 0) is 18.4 Å². The first-order valence-electron chi connectivity index (χ1n) is 3.91. The van der Waals surface area contributed by atoms with Crippen LogP contribution < -0.4 is 0 Å². The predicted molar refractivity (Wildman–Crippen MR) is 54.6 cm³/mol. The van der Waals surface area contributed by atoms with E-state index < -0.39 is 0 Å². The fourth-order valence-electron chi connectivity index (χ4n) is 0.984. The van der Waals surface area contributed by atoms with Gasteiger partial charge in [0.2, 0.25) is 0 Å². The SMILES string of the molecule is CC(=N[N+](C)(C)C)c1cccs1. The smallest absolute Gasteiger partial charge is 0.110 e. The average Bonchev–Trinajstić information content (AvgIpc) is 2.32. The highest BCUT2D eigenvalue weighted by molar-refractivity contribution is 7.12. The van der Waals surface area contributed by atoms with Crippen LogP contribution in [0.15, 0.2) is 22.6 Å². The minimum absolute atomic E-state index is 0.629. The number of rotatable bonds is 2. The Morgan fingerprint density at radius 2 is 2.08 bits per heavy atom. The number of quaternary nitrogens is 1. The first kappa shape index (κ1) is 9.42. The molecule has 0 saturated heterocycles. The number of nitrogens with zero attached hydrogens (tertiary/aromatic N) is 2. The summed E-state index contributed by atoms with van der Waals surface area (Å²) in [6.07, 6.45) is 0. The molecule has 0 radical (unpaired) electrons. The van der Waals surface area contributed by atoms with Crippen molar-refractivity contribution in [1.82, 2.24) is 0 Å². The van der Waals surface area contributed by atoms with Crippen LogP contribution in [0.25, 0.3) is 0 Å². The third kappa shape index (κ3) is 2.75. The van der Waals surface area contributed by atoms with Crippen molar-refractivity contribution in [2.45, 2.75) is 6.92 Å². The molecule has 0 N–H and O–H groups in total. The molecule has 12 heavy (non-hydrogen) atoms. The van der Waals surface area contributed by atoms with Crippen LogP contribution >= 0.6 is 11.3 Å². The Kier molecular flexibility index (Phi) is 2.65. The first-order chi connectivity index (χ1) is 5.49. The number of hydrogen-bond donors (Lipinski definition) is 0. The Bertz CT molecular complexity index is 267. The summed E-state index contributed by atoms with van der Waals surface area (Å²) in [4.78, 5) is 1.25. The van der Waals surface area contributed by atoms with Gasteiger partial charge < -0.3 is 0 Å². The molecule has 1 aromatic rings. The fraction of sp³-hybridized carbons (Fsp3) is 0.444. The standard InChI is InChI=1S/C9H15N2S/c1-8(10-11(2,3)4)9-6-5-7-12-9/h5-7H,1-4H3/q+1. The van der Waals surface area contributed by atoms with E-state index in [1.807, 2.05) is 0 Å². The molecule has 0 amide bonds. The van der Waals surface area contributed by atoms with E-state index in [4.69, 9.17) is 0 Å². The van der Waals surface area contributed by atoms with Crippen molar-refractivity contribution >= 4 is 17.0 Å². The molecule has 0 unspecified atom stereocenters. The largest absolute Gasteiger partial charge is 0.205 e. The van der Waals surface area contributed by atoms with Gasteiger partial charge in [0, 0.05) is 0 Å². The summed E-state index contributed by atoms with van der Waals surface area (Å²) in [6.45, 7) is 2.05. The molecule has 0 aliphatic carbocycles. The van der Waals surface area contributed by atoms with Crippen molar-refractivity contribution < 1.29 is 4.59 Å². The van der Waals surface area contributed by atoms with Gasteiger partial charge in [0.1, 0.15) is 5.71 Å². The Labute approximate surface area is 77.7 Å². The summed E-state index contributed by atoms with van der Waals surface area (Å²) in [7, 11) is 6.16. The van der Waals surface area contributed by atoms with Crippen molar-refractivity contribution in [3.8, 4) is 0 Å². The summed E-state index contributed by atoms with van der Waals surface area (Å²) in [6, 6.07) is 4.15. The van der Waals surface area contributed by atoms with Crippen LogP contribution in [0.1, 0.15) is 11.8 Å². The zero-order valence-electron chi connectivity index (χ0n) is 8.03. The van der Waals surface area contributed by atoms with Gasteiger partial charge in [0.25, 0.3) is 0 Å². The number of thiophene rings is 1. The summed E-state index contributed by atoms with van der Waals surface area (Å²) < 4.78 is 0.629. The molecule has 0 aliphatic rings. The highest BCUT2D eigenvalue weighted by Gasteiger charge is 2.07. The molecule has 3 heteroatoms. The van der Waals surface area contributed by atoms with Crippen LogP contribution in [0.3, 0.4) is 0 Å². The highest BCUT2D eigenvalue weighted by atomic mass is 32.1. The molecule has 0 atom stereocenters. The van der Waals surface area contributed by atoms with Crippen LogP contribution in [0.4, 0.5) is 0 Å². The summed E-state index contributed by atoms with van der Waals surface area (Å²) in [5, 5.41) is 6.59. The second kappa shape index (κ2) is 3.37. The molecule has 1 aromatic heterocycles. The van der Waals surface area contributed by atoms with E-state index in [0.717, 1.165) is 5.71 Å². The van der Waals surface area contributed by atoms with Gasteiger partial charge in [-0.1, -0.05) is 11.2 Å². The second-order valence-corrected chi connectivity index (χ2v) is 4.55. The molecule has 1 heterocycles. The third-order valence-corrected chi connectivity index (χ3v) is 2.31. The lowest BCUT2D eigenvalue weighted by molar-refractivity contribution is -0.877. The zero-order chi connectivity index (χ0) is 9.19. The van der Waals surface area contributed by atoms with Crippen LogP contribution in [0, 0.1) is 0 Å². The lowest BCUT2D eigenvalue weighted by atomic mass is 10.3. The van der Waals surface area contributed by atoms with Crippen molar-refractivity contribution in [1.29, 1.82) is 0 Å². The van der Waals surface area contributed by atoms with Crippen molar-refractivity contribution in [2.75, 3.05) is 21.1 Å². The van der Waals surface area contributed by atoms with E-state index in [2.05, 4.69) is 50.7 Å². The Hall–Kier alpha value is -0.670. The fourth-order valence-corrected chi connectivity index (χ4v) is 1.66. The Morgan fingerprint density at radius 1 is 1.42 bits per heavy atom. The van der Waals surface area contributed by atoms with Gasteiger partial charge in [0.05, 0.1) is 26.0 Å². The van der Waals surface area contributed by atoms with E-state index >= 15 is 0 Å². The third-order valence-electron chi connectivity index (χ3n) is 1.33. The van der Waals surface area contributed by atoms with Crippen molar-refractivity contribution in [3.63, 3.8) is 0 Å². The average molecular weight is 183 g/mol. The molecular weight excluding hydrogens is 168 g/mol. The van der Waals surface area contributed by atoms with Gasteiger partial charge in [-0.15, -0.1) is 11.3 Å². The molecule has 0 fully saturated rings. The van der Waals surface area contributed by atoms with Gasteiger partial charge in [-0.3, -0.25) is 0 Å². The molecule has 1 rings (SSSR count). The van der Waals surface area contributed by atoms with Crippen LogP contribution in [0.5, 0.6) is 0 Å². The minimum Gasteiger partial charge on any atom is -0.205 e. The van der Waals surface area contributed by atoms with Crippen molar-refractivity contribution in [3.05, 3.63) is 22.4 Å². The Morgan fingerprint density at radius 3 is 2.50 bits per heavy atom. The molecule has 2 nitrogen and oxygen atoms in total. The molecule has 0 saturated carbocycles. The predicted octanol–water partition coefficient (Wildman–Crippen LogP) is 2.18. The van der Waals surface area contributed by atoms with E-state index in [1.165, 1.54) is 4.88 Å². The van der Waals surface area contributed by atoms with Gasteiger partial charge in [-0.2, -0.15) is 0 Å². The molecule has 0 aliphatic heterocycles. The van der Waals surface area contributed by atoms with E-state index in [9.17, 15) is 0 Å². The van der Waals surface area contributed by atoms with Gasteiger partial charge in [0.15, 0.2) is 0 Å². The number of hydrogen-bond acceptors (Lipinski definition) is 2. The highest BCUT2D eigenvalue weighted by Crippen LogP contribution is 2.10. The lowest BCUT2D eigenvalue weighted by Crippen LogP contribution is -2.28. The zero-order valence-corrected chi connectivity index (χ0v) is 8.85. The van der Waals surface area contributed by atoms with E-state index in [-0.39, 0.29) is 0 Å². The maximum absolute atomic E-state index is 4.52. The van der Waals surface area contributed by atoms with E-state index in [1.54, 1.807) is 11.3 Å². The summed E-state index contributed by atoms with van der Waals surface area (Å²) >= 11 is 1.73. The minimum atomic E-state index is 0.629. The van der Waals surface area contributed by atoms with Crippen LogP contribution in [-0.4, -0.2) is 31.4 Å². The maximum atomic E-state index is 4.52. The molecule has 0 aromatic carbocycles. The normalized spacial score (nSPS) is 13.5. The van der Waals surface area contributed by atoms with E-state index in [0.29, 0.717) is 4.59 Å². The Balaban J connectivity index is 2.85. The van der Waals surface area contributed by atoms with Crippen LogP contribution in [0.2, 0.25) is 0 Å². The van der Waals surface area contributed by atoms with Crippen LogP contribution in [-0.2, 0) is 0 Å². The van der Waals surface area contributed by atoms with Gasteiger partial charge >= 0.3 is 0 Å². The van der Waals surface area contributed by atoms with Crippen molar-refractivity contribution in [2.24, 2.45) is 5.10 Å². The van der Waals surface area contributed by atoms with Gasteiger partial charge in [-0.25, -0.2) is 4.59 Å². The lowest BCUT2D eigenvalue weighted by Gasteiger charge is -2.15. The monoisotopic (exact) mass is 183 g/mol.